The summed E-state index contributed by atoms with van der Waals surface area (Å²) in [6.45, 7) is 0. The van der Waals surface area contributed by atoms with Crippen molar-refractivity contribution in [3.05, 3.63) is 100 Å². The largest absolute Gasteiger partial charge is 0.314 e. The number of para-hydroxylation sites is 1. The summed E-state index contributed by atoms with van der Waals surface area (Å²) in [5, 5.41) is 3.80. The minimum absolute atomic E-state index is 0.0793. The molecule has 0 aromatic heterocycles. The quantitative estimate of drug-likeness (QED) is 0.607. The first-order valence-electron chi connectivity index (χ1n) is 9.55. The number of hydrogen-bond donors (Lipinski definition) is 1. The lowest BCUT2D eigenvalue weighted by Gasteiger charge is -2.30. The van der Waals surface area contributed by atoms with Gasteiger partial charge in [-0.25, -0.2) is 0 Å². The van der Waals surface area contributed by atoms with Crippen molar-refractivity contribution >= 4 is 27.5 Å². The van der Waals surface area contributed by atoms with Crippen LogP contribution in [0, 0.1) is 0 Å². The number of nitrogens with zero attached hydrogens (tertiary/aromatic N) is 1. The van der Waals surface area contributed by atoms with E-state index in [1.807, 2.05) is 30.1 Å². The van der Waals surface area contributed by atoms with Gasteiger partial charge in [-0.15, -0.1) is 0 Å². The zero-order chi connectivity index (χ0) is 19.3. The van der Waals surface area contributed by atoms with E-state index < -0.39 is 5.41 Å². The molecule has 0 aliphatic carbocycles. The molecule has 140 valence electrons. The van der Waals surface area contributed by atoms with Gasteiger partial charge in [0.2, 0.25) is 5.91 Å². The molecule has 5 rings (SSSR count). The molecule has 2 aliphatic rings. The molecule has 28 heavy (non-hydrogen) atoms. The Morgan fingerprint density at radius 1 is 0.929 bits per heavy atom. The van der Waals surface area contributed by atoms with Gasteiger partial charge in [-0.3, -0.25) is 4.79 Å². The number of hydrogen-bond acceptors (Lipinski definition) is 2. The smallest absolute Gasteiger partial charge is 0.239 e. The first-order chi connectivity index (χ1) is 13.6. The first kappa shape index (κ1) is 17.7. The average molecular weight is 433 g/mol. The highest BCUT2D eigenvalue weighted by Crippen LogP contribution is 2.56. The van der Waals surface area contributed by atoms with Gasteiger partial charge in [-0.05, 0) is 41.3 Å². The summed E-state index contributed by atoms with van der Waals surface area (Å²) in [6, 6.07) is 27.0. The molecule has 3 nitrogen and oxygen atoms in total. The Morgan fingerprint density at radius 3 is 2.36 bits per heavy atom. The fourth-order valence-electron chi connectivity index (χ4n) is 4.92. The molecule has 0 radical (unpaired) electrons. The van der Waals surface area contributed by atoms with Crippen LogP contribution in [0.3, 0.4) is 0 Å². The number of carbonyl (C=O) groups excluding carboxylic acids is 1. The van der Waals surface area contributed by atoms with Crippen molar-refractivity contribution in [3.63, 3.8) is 0 Å². The van der Waals surface area contributed by atoms with Gasteiger partial charge in [-0.1, -0.05) is 76.6 Å². The molecular formula is C24H21BrN2O. The van der Waals surface area contributed by atoms with Crippen LogP contribution in [-0.2, 0) is 10.2 Å². The van der Waals surface area contributed by atoms with Crippen LogP contribution >= 0.6 is 15.9 Å². The van der Waals surface area contributed by atoms with Gasteiger partial charge in [0, 0.05) is 23.2 Å². The van der Waals surface area contributed by atoms with Crippen molar-refractivity contribution in [2.75, 3.05) is 11.9 Å². The lowest BCUT2D eigenvalue weighted by Crippen LogP contribution is -2.42. The van der Waals surface area contributed by atoms with Crippen LogP contribution in [0.1, 0.15) is 35.2 Å². The lowest BCUT2D eigenvalue weighted by atomic mass is 9.72. The van der Waals surface area contributed by atoms with Crippen molar-refractivity contribution in [2.24, 2.45) is 0 Å². The van der Waals surface area contributed by atoms with Crippen molar-refractivity contribution < 1.29 is 4.79 Å². The van der Waals surface area contributed by atoms with Gasteiger partial charge in [0.05, 0.1) is 11.5 Å². The number of likely N-dealkylation sites (N-methyl/N-ethyl adjacent to an activating group) is 1. The van der Waals surface area contributed by atoms with Crippen LogP contribution in [0.25, 0.3) is 0 Å². The maximum atomic E-state index is 13.7. The van der Waals surface area contributed by atoms with Gasteiger partial charge in [0.15, 0.2) is 0 Å². The number of amides is 1. The summed E-state index contributed by atoms with van der Waals surface area (Å²) in [5.74, 6) is 0.174. The van der Waals surface area contributed by atoms with Gasteiger partial charge >= 0.3 is 0 Å². The molecule has 1 fully saturated rings. The van der Waals surface area contributed by atoms with E-state index in [1.54, 1.807) is 0 Å². The fourth-order valence-corrected chi connectivity index (χ4v) is 5.19. The number of fused-ring (bicyclic) bond motifs is 2. The standard InChI is InChI=1S/C24H21BrN2O/c1-27-21-10-6-5-9-19(21)24(23(27)28)15-20(16-7-3-2-4-8-16)26-22(24)17-11-13-18(25)14-12-17/h2-14,20,22,26H,15H2,1H3/t20-,22-,24+/m1/s1. The Morgan fingerprint density at radius 2 is 1.61 bits per heavy atom. The molecule has 3 aromatic rings. The second-order valence-electron chi connectivity index (χ2n) is 7.67. The minimum Gasteiger partial charge on any atom is -0.314 e. The zero-order valence-electron chi connectivity index (χ0n) is 15.6. The van der Waals surface area contributed by atoms with Crippen molar-refractivity contribution in [1.82, 2.24) is 5.32 Å². The Labute approximate surface area is 173 Å². The maximum absolute atomic E-state index is 13.7. The summed E-state index contributed by atoms with van der Waals surface area (Å²) in [4.78, 5) is 15.5. The predicted octanol–water partition coefficient (Wildman–Crippen LogP) is 5.14. The van der Waals surface area contributed by atoms with Gasteiger partial charge in [0.1, 0.15) is 0 Å². The molecule has 1 N–H and O–H groups in total. The highest BCUT2D eigenvalue weighted by molar-refractivity contribution is 9.10. The van der Waals surface area contributed by atoms with Crippen LogP contribution in [0.15, 0.2) is 83.3 Å². The van der Waals surface area contributed by atoms with Gasteiger partial charge < -0.3 is 10.2 Å². The molecule has 0 saturated carbocycles. The van der Waals surface area contributed by atoms with E-state index in [4.69, 9.17) is 0 Å². The fraction of sp³-hybridized carbons (Fsp3) is 0.208. The number of benzene rings is 3. The second-order valence-corrected chi connectivity index (χ2v) is 8.59. The summed E-state index contributed by atoms with van der Waals surface area (Å²) >= 11 is 3.53. The van der Waals surface area contributed by atoms with Crippen molar-refractivity contribution in [2.45, 2.75) is 23.9 Å². The molecule has 1 saturated heterocycles. The predicted molar refractivity (Wildman–Crippen MR) is 115 cm³/mol. The molecule has 3 atom stereocenters. The topological polar surface area (TPSA) is 32.3 Å². The van der Waals surface area contributed by atoms with Gasteiger partial charge in [0.25, 0.3) is 0 Å². The van der Waals surface area contributed by atoms with Crippen molar-refractivity contribution in [3.8, 4) is 0 Å². The number of carbonyl (C=O) groups is 1. The third kappa shape index (κ3) is 2.48. The van der Waals surface area contributed by atoms with E-state index in [2.05, 4.69) is 81.9 Å². The van der Waals surface area contributed by atoms with Crippen molar-refractivity contribution in [1.29, 1.82) is 0 Å². The van der Waals surface area contributed by atoms with E-state index in [0.29, 0.717) is 0 Å². The molecule has 2 aliphatic heterocycles. The lowest BCUT2D eigenvalue weighted by molar-refractivity contribution is -0.123. The molecule has 3 aromatic carbocycles. The highest BCUT2D eigenvalue weighted by atomic mass is 79.9. The van der Waals surface area contributed by atoms with Crippen LogP contribution in [-0.4, -0.2) is 13.0 Å². The first-order valence-corrected chi connectivity index (χ1v) is 10.3. The Hall–Kier alpha value is -2.43. The third-order valence-corrected chi connectivity index (χ3v) is 6.75. The minimum atomic E-state index is -0.598. The SMILES string of the molecule is CN1C(=O)[C@@]2(C[C@H](c3ccccc3)N[C@@H]2c2ccc(Br)cc2)c2ccccc21. The molecule has 0 unspecified atom stereocenters. The van der Waals surface area contributed by atoms with E-state index in [9.17, 15) is 4.79 Å². The third-order valence-electron chi connectivity index (χ3n) is 6.22. The van der Waals surface area contributed by atoms with Crippen LogP contribution in [0.4, 0.5) is 5.69 Å². The number of anilines is 1. The monoisotopic (exact) mass is 432 g/mol. The molecule has 2 heterocycles. The van der Waals surface area contributed by atoms with Gasteiger partial charge in [-0.2, -0.15) is 0 Å². The number of rotatable bonds is 2. The van der Waals surface area contributed by atoms with E-state index in [0.717, 1.165) is 27.7 Å². The Balaban J connectivity index is 1.69. The number of halogens is 1. The summed E-state index contributed by atoms with van der Waals surface area (Å²) < 4.78 is 1.04. The Bertz CT molecular complexity index is 1030. The molecule has 1 spiro atoms. The van der Waals surface area contributed by atoms with E-state index in [1.165, 1.54) is 5.56 Å². The van der Waals surface area contributed by atoms with Crippen LogP contribution in [0.5, 0.6) is 0 Å². The van der Waals surface area contributed by atoms with Crippen LogP contribution < -0.4 is 10.2 Å². The molecule has 4 heteroatoms. The van der Waals surface area contributed by atoms with E-state index >= 15 is 0 Å². The second kappa shape index (κ2) is 6.57. The zero-order valence-corrected chi connectivity index (χ0v) is 17.2. The average Bonchev–Trinajstić information content (AvgIpc) is 3.24. The van der Waals surface area contributed by atoms with E-state index in [-0.39, 0.29) is 18.0 Å². The summed E-state index contributed by atoms with van der Waals surface area (Å²) in [5.41, 5.74) is 3.91. The highest BCUT2D eigenvalue weighted by Gasteiger charge is 2.59. The summed E-state index contributed by atoms with van der Waals surface area (Å²) in [7, 11) is 1.89. The molecule has 1 amide bonds. The maximum Gasteiger partial charge on any atom is 0.239 e. The normalized spacial score (nSPS) is 26.1. The molecular weight excluding hydrogens is 412 g/mol. The Kier molecular flexibility index (Phi) is 4.14. The summed E-state index contributed by atoms with van der Waals surface area (Å²) in [6.07, 6.45) is 0.748. The van der Waals surface area contributed by atoms with Crippen LogP contribution in [0.2, 0.25) is 0 Å². The molecule has 0 bridgehead atoms. The number of nitrogens with one attached hydrogen (secondary N) is 1.